The molecule has 1 atom stereocenters. The van der Waals surface area contributed by atoms with Gasteiger partial charge in [0.05, 0.1) is 23.1 Å². The van der Waals surface area contributed by atoms with Gasteiger partial charge in [-0.2, -0.15) is 5.10 Å². The molecule has 1 amide bonds. The Bertz CT molecular complexity index is 712. The fourth-order valence-corrected chi connectivity index (χ4v) is 3.27. The quantitative estimate of drug-likeness (QED) is 0.936. The number of benzene rings is 1. The normalized spacial score (nSPS) is 18.0. The van der Waals surface area contributed by atoms with Crippen LogP contribution in [0.15, 0.2) is 30.5 Å². The predicted octanol–water partition coefficient (Wildman–Crippen LogP) is 2.42. The molecule has 0 bridgehead atoms. The van der Waals surface area contributed by atoms with Crippen LogP contribution in [0.3, 0.4) is 0 Å². The SMILES string of the molecule is CCc1c(C(=O)N2CCCC(CO)C2)cnn1-c1ccc(F)cc1. The molecule has 0 radical (unpaired) electrons. The smallest absolute Gasteiger partial charge is 0.257 e. The van der Waals surface area contributed by atoms with E-state index in [1.54, 1.807) is 27.9 Å². The minimum absolute atomic E-state index is 0.0432. The summed E-state index contributed by atoms with van der Waals surface area (Å²) in [7, 11) is 0. The lowest BCUT2D eigenvalue weighted by Crippen LogP contribution is -2.41. The van der Waals surface area contributed by atoms with Gasteiger partial charge < -0.3 is 10.0 Å². The zero-order valence-electron chi connectivity index (χ0n) is 13.8. The van der Waals surface area contributed by atoms with E-state index in [1.807, 2.05) is 6.92 Å². The van der Waals surface area contributed by atoms with Crippen LogP contribution in [0.5, 0.6) is 0 Å². The highest BCUT2D eigenvalue weighted by Gasteiger charge is 2.27. The lowest BCUT2D eigenvalue weighted by molar-refractivity contribution is 0.0619. The number of piperidine rings is 1. The Hall–Kier alpha value is -2.21. The molecule has 1 unspecified atom stereocenters. The molecule has 5 nitrogen and oxygen atoms in total. The van der Waals surface area contributed by atoms with Gasteiger partial charge in [0.2, 0.25) is 0 Å². The average molecular weight is 331 g/mol. The Morgan fingerprint density at radius 2 is 2.12 bits per heavy atom. The molecule has 0 aliphatic carbocycles. The molecule has 0 saturated carbocycles. The molecule has 1 fully saturated rings. The number of aliphatic hydroxyl groups excluding tert-OH is 1. The zero-order valence-corrected chi connectivity index (χ0v) is 13.8. The van der Waals surface area contributed by atoms with E-state index in [9.17, 15) is 14.3 Å². The van der Waals surface area contributed by atoms with E-state index in [0.29, 0.717) is 25.1 Å². The number of carbonyl (C=O) groups is 1. The van der Waals surface area contributed by atoms with Crippen molar-refractivity contribution in [3.63, 3.8) is 0 Å². The van der Waals surface area contributed by atoms with Gasteiger partial charge in [0.1, 0.15) is 5.82 Å². The minimum atomic E-state index is -0.302. The van der Waals surface area contributed by atoms with E-state index in [-0.39, 0.29) is 24.2 Å². The maximum absolute atomic E-state index is 13.1. The van der Waals surface area contributed by atoms with Crippen LogP contribution >= 0.6 is 0 Å². The van der Waals surface area contributed by atoms with Crippen LogP contribution in [-0.4, -0.2) is 45.4 Å². The van der Waals surface area contributed by atoms with E-state index >= 15 is 0 Å². The van der Waals surface area contributed by atoms with Gasteiger partial charge in [0.25, 0.3) is 5.91 Å². The molecular weight excluding hydrogens is 309 g/mol. The summed E-state index contributed by atoms with van der Waals surface area (Å²) in [6, 6.07) is 6.07. The fourth-order valence-electron chi connectivity index (χ4n) is 3.27. The van der Waals surface area contributed by atoms with E-state index < -0.39 is 0 Å². The van der Waals surface area contributed by atoms with Gasteiger partial charge in [0, 0.05) is 19.7 Å². The first-order chi connectivity index (χ1) is 11.6. The number of aromatic nitrogens is 2. The van der Waals surface area contributed by atoms with Gasteiger partial charge >= 0.3 is 0 Å². The highest BCUT2D eigenvalue weighted by atomic mass is 19.1. The van der Waals surface area contributed by atoms with Crippen molar-refractivity contribution >= 4 is 5.91 Å². The van der Waals surface area contributed by atoms with Crippen LogP contribution < -0.4 is 0 Å². The van der Waals surface area contributed by atoms with Gasteiger partial charge in [-0.15, -0.1) is 0 Å². The second-order valence-electron chi connectivity index (χ2n) is 6.19. The highest BCUT2D eigenvalue weighted by molar-refractivity contribution is 5.95. The maximum Gasteiger partial charge on any atom is 0.257 e. The summed E-state index contributed by atoms with van der Waals surface area (Å²) in [4.78, 5) is 14.7. The molecule has 1 aromatic heterocycles. The maximum atomic E-state index is 13.1. The van der Waals surface area contributed by atoms with E-state index in [2.05, 4.69) is 5.10 Å². The minimum Gasteiger partial charge on any atom is -0.396 e. The number of hydrogen-bond acceptors (Lipinski definition) is 3. The lowest BCUT2D eigenvalue weighted by atomic mass is 9.98. The van der Waals surface area contributed by atoms with E-state index in [4.69, 9.17) is 0 Å². The molecule has 2 aromatic rings. The number of likely N-dealkylation sites (tertiary alicyclic amines) is 1. The van der Waals surface area contributed by atoms with Crippen LogP contribution in [-0.2, 0) is 6.42 Å². The number of aliphatic hydroxyl groups is 1. The van der Waals surface area contributed by atoms with Crippen molar-refractivity contribution in [1.29, 1.82) is 0 Å². The van der Waals surface area contributed by atoms with Crippen LogP contribution in [0.4, 0.5) is 4.39 Å². The number of carbonyl (C=O) groups excluding carboxylic acids is 1. The summed E-state index contributed by atoms with van der Waals surface area (Å²) in [5.74, 6) is -0.193. The Morgan fingerprint density at radius 1 is 1.38 bits per heavy atom. The molecule has 128 valence electrons. The van der Waals surface area contributed by atoms with Crippen molar-refractivity contribution in [1.82, 2.24) is 14.7 Å². The first kappa shape index (κ1) is 16.6. The first-order valence-electron chi connectivity index (χ1n) is 8.37. The highest BCUT2D eigenvalue weighted by Crippen LogP contribution is 2.22. The fraction of sp³-hybridized carbons (Fsp3) is 0.444. The number of nitrogens with zero attached hydrogens (tertiary/aromatic N) is 3. The van der Waals surface area contributed by atoms with Gasteiger partial charge in [-0.3, -0.25) is 4.79 Å². The number of amides is 1. The average Bonchev–Trinajstić information content (AvgIpc) is 3.05. The van der Waals surface area contributed by atoms with Crippen LogP contribution in [0.2, 0.25) is 0 Å². The summed E-state index contributed by atoms with van der Waals surface area (Å²) in [6.45, 7) is 3.38. The largest absolute Gasteiger partial charge is 0.396 e. The van der Waals surface area contributed by atoms with Gasteiger partial charge in [0.15, 0.2) is 0 Å². The molecule has 3 rings (SSSR count). The molecule has 0 spiro atoms. The lowest BCUT2D eigenvalue weighted by Gasteiger charge is -2.31. The third-order valence-electron chi connectivity index (χ3n) is 4.57. The van der Waals surface area contributed by atoms with Crippen molar-refractivity contribution in [3.8, 4) is 5.69 Å². The zero-order chi connectivity index (χ0) is 17.1. The van der Waals surface area contributed by atoms with Gasteiger partial charge in [-0.1, -0.05) is 6.92 Å². The van der Waals surface area contributed by atoms with Crippen molar-refractivity contribution < 1.29 is 14.3 Å². The third kappa shape index (κ3) is 3.19. The molecule has 2 heterocycles. The Labute approximate surface area is 140 Å². The molecule has 1 aliphatic rings. The first-order valence-corrected chi connectivity index (χ1v) is 8.37. The summed E-state index contributed by atoms with van der Waals surface area (Å²) >= 11 is 0. The van der Waals surface area contributed by atoms with Crippen molar-refractivity contribution in [2.45, 2.75) is 26.2 Å². The summed E-state index contributed by atoms with van der Waals surface area (Å²) in [5, 5.41) is 13.7. The topological polar surface area (TPSA) is 58.4 Å². The second kappa shape index (κ2) is 7.13. The molecular formula is C18H22FN3O2. The van der Waals surface area contributed by atoms with Gasteiger partial charge in [-0.25, -0.2) is 9.07 Å². The van der Waals surface area contributed by atoms with Crippen molar-refractivity contribution in [2.24, 2.45) is 5.92 Å². The summed E-state index contributed by atoms with van der Waals surface area (Å²) < 4.78 is 14.8. The van der Waals surface area contributed by atoms with Crippen molar-refractivity contribution in [2.75, 3.05) is 19.7 Å². The van der Waals surface area contributed by atoms with E-state index in [1.165, 1.54) is 12.1 Å². The number of hydrogen-bond donors (Lipinski definition) is 1. The van der Waals surface area contributed by atoms with Crippen molar-refractivity contribution in [3.05, 3.63) is 47.5 Å². The number of halogens is 1. The Morgan fingerprint density at radius 3 is 2.79 bits per heavy atom. The molecule has 24 heavy (non-hydrogen) atoms. The number of rotatable bonds is 4. The van der Waals surface area contributed by atoms with Crippen LogP contribution in [0.25, 0.3) is 5.69 Å². The van der Waals surface area contributed by atoms with E-state index in [0.717, 1.165) is 24.2 Å². The molecule has 1 aromatic carbocycles. The Balaban J connectivity index is 1.88. The molecule has 1 saturated heterocycles. The third-order valence-corrected chi connectivity index (χ3v) is 4.57. The summed E-state index contributed by atoms with van der Waals surface area (Å²) in [6.07, 6.45) is 4.10. The standard InChI is InChI=1S/C18H22FN3O2/c1-2-17-16(18(24)21-9-3-4-13(11-21)12-23)10-20-22(17)15-7-5-14(19)6-8-15/h5-8,10,13,23H,2-4,9,11-12H2,1H3. The van der Waals surface area contributed by atoms with Crippen LogP contribution in [0, 0.1) is 11.7 Å². The molecule has 1 N–H and O–H groups in total. The van der Waals surface area contributed by atoms with Crippen LogP contribution in [0.1, 0.15) is 35.8 Å². The molecule has 6 heteroatoms. The second-order valence-corrected chi connectivity index (χ2v) is 6.19. The predicted molar refractivity (Wildman–Crippen MR) is 88.6 cm³/mol. The monoisotopic (exact) mass is 331 g/mol. The summed E-state index contributed by atoms with van der Waals surface area (Å²) in [5.41, 5.74) is 2.14. The molecule has 1 aliphatic heterocycles. The Kier molecular flexibility index (Phi) is 4.94. The van der Waals surface area contributed by atoms with Gasteiger partial charge in [-0.05, 0) is 49.4 Å².